The standard InChI is InChI=1S/C25H26N2O4S/c1-29-24-6-4-3-5-22(24)27-21-13-14-31-23-12-9-18(15-20(21)23)25(28)26-16-17-7-10-19(11-8-17)32-30-2/h3-12,15,21,27H,13-14,16H2,1-2H3,(H,26,28). The SMILES string of the molecule is COSc1ccc(CNC(=O)c2ccc3c(c2)C(Nc2ccccc2OC)CCO3)cc1. The Morgan fingerprint density at radius 3 is 2.69 bits per heavy atom. The molecule has 1 amide bonds. The number of rotatable bonds is 8. The number of para-hydroxylation sites is 2. The molecule has 0 saturated carbocycles. The summed E-state index contributed by atoms with van der Waals surface area (Å²) in [6.07, 6.45) is 0.794. The molecule has 1 heterocycles. The summed E-state index contributed by atoms with van der Waals surface area (Å²) in [6, 6.07) is 21.3. The molecule has 3 aromatic carbocycles. The Morgan fingerprint density at radius 1 is 1.09 bits per heavy atom. The zero-order valence-electron chi connectivity index (χ0n) is 18.1. The predicted molar refractivity (Wildman–Crippen MR) is 126 cm³/mol. The van der Waals surface area contributed by atoms with E-state index in [1.807, 2.05) is 60.7 Å². The molecule has 32 heavy (non-hydrogen) atoms. The molecule has 0 bridgehead atoms. The van der Waals surface area contributed by atoms with Gasteiger partial charge in [0.05, 0.1) is 32.6 Å². The molecule has 1 atom stereocenters. The fourth-order valence-corrected chi connectivity index (χ4v) is 4.12. The van der Waals surface area contributed by atoms with E-state index in [4.69, 9.17) is 13.7 Å². The summed E-state index contributed by atoms with van der Waals surface area (Å²) in [5.74, 6) is 1.46. The lowest BCUT2D eigenvalue weighted by molar-refractivity contribution is 0.0950. The van der Waals surface area contributed by atoms with Crippen molar-refractivity contribution in [1.82, 2.24) is 5.32 Å². The topological polar surface area (TPSA) is 68.8 Å². The van der Waals surface area contributed by atoms with Crippen LogP contribution < -0.4 is 20.1 Å². The van der Waals surface area contributed by atoms with Gasteiger partial charge in [0.2, 0.25) is 0 Å². The van der Waals surface area contributed by atoms with Crippen molar-refractivity contribution in [3.63, 3.8) is 0 Å². The lowest BCUT2D eigenvalue weighted by Gasteiger charge is -2.28. The second-order valence-corrected chi connectivity index (χ2v) is 8.33. The third kappa shape index (κ3) is 5.18. The molecule has 0 radical (unpaired) electrons. The highest BCUT2D eigenvalue weighted by Gasteiger charge is 2.23. The molecule has 6 nitrogen and oxygen atoms in total. The summed E-state index contributed by atoms with van der Waals surface area (Å²) >= 11 is 1.31. The number of benzene rings is 3. The zero-order valence-corrected chi connectivity index (χ0v) is 18.9. The van der Waals surface area contributed by atoms with Crippen LogP contribution in [0.3, 0.4) is 0 Å². The minimum atomic E-state index is -0.121. The van der Waals surface area contributed by atoms with Crippen molar-refractivity contribution < 1.29 is 18.5 Å². The van der Waals surface area contributed by atoms with Crippen LogP contribution in [-0.2, 0) is 10.7 Å². The van der Waals surface area contributed by atoms with E-state index in [9.17, 15) is 4.79 Å². The van der Waals surface area contributed by atoms with Gasteiger partial charge in [-0.1, -0.05) is 24.3 Å². The van der Waals surface area contributed by atoms with Gasteiger partial charge >= 0.3 is 0 Å². The number of hydrogen-bond donors (Lipinski definition) is 2. The molecule has 1 aliphatic rings. The molecule has 0 spiro atoms. The molecule has 0 saturated heterocycles. The van der Waals surface area contributed by atoms with Crippen molar-refractivity contribution in [2.75, 3.05) is 26.1 Å². The first-order chi connectivity index (χ1) is 15.7. The number of amides is 1. The molecular weight excluding hydrogens is 424 g/mol. The maximum atomic E-state index is 12.8. The van der Waals surface area contributed by atoms with Crippen LogP contribution in [0.1, 0.15) is 33.9 Å². The van der Waals surface area contributed by atoms with Crippen LogP contribution in [0.15, 0.2) is 71.6 Å². The minimum absolute atomic E-state index is 0.0219. The Labute approximate surface area is 192 Å². The summed E-state index contributed by atoms with van der Waals surface area (Å²) in [6.45, 7) is 1.07. The Bertz CT molecular complexity index is 1070. The summed E-state index contributed by atoms with van der Waals surface area (Å²) in [4.78, 5) is 13.8. The van der Waals surface area contributed by atoms with Gasteiger partial charge in [-0.25, -0.2) is 0 Å². The molecule has 0 aromatic heterocycles. The number of hydrogen-bond acceptors (Lipinski definition) is 6. The van der Waals surface area contributed by atoms with Crippen LogP contribution >= 0.6 is 12.0 Å². The van der Waals surface area contributed by atoms with Crippen LogP contribution in [0.2, 0.25) is 0 Å². The Hall–Kier alpha value is -3.16. The molecule has 2 N–H and O–H groups in total. The fraction of sp³-hybridized carbons (Fsp3) is 0.240. The number of methoxy groups -OCH3 is 1. The van der Waals surface area contributed by atoms with Crippen LogP contribution in [0.4, 0.5) is 5.69 Å². The molecule has 0 fully saturated rings. The van der Waals surface area contributed by atoms with Gasteiger partial charge in [-0.3, -0.25) is 4.79 Å². The third-order valence-corrected chi connectivity index (χ3v) is 5.94. The molecule has 3 aromatic rings. The van der Waals surface area contributed by atoms with Crippen molar-refractivity contribution in [3.8, 4) is 11.5 Å². The highest BCUT2D eigenvalue weighted by molar-refractivity contribution is 7.94. The smallest absolute Gasteiger partial charge is 0.251 e. The monoisotopic (exact) mass is 450 g/mol. The van der Waals surface area contributed by atoms with Crippen LogP contribution in [0.5, 0.6) is 11.5 Å². The van der Waals surface area contributed by atoms with E-state index in [-0.39, 0.29) is 11.9 Å². The predicted octanol–water partition coefficient (Wildman–Crippen LogP) is 5.21. The maximum Gasteiger partial charge on any atom is 0.251 e. The molecule has 0 aliphatic carbocycles. The van der Waals surface area contributed by atoms with Crippen molar-refractivity contribution in [2.45, 2.75) is 23.9 Å². The lowest BCUT2D eigenvalue weighted by Crippen LogP contribution is -2.25. The van der Waals surface area contributed by atoms with Gasteiger partial charge in [0.15, 0.2) is 0 Å². The van der Waals surface area contributed by atoms with Gasteiger partial charge in [-0.2, -0.15) is 0 Å². The van der Waals surface area contributed by atoms with Crippen molar-refractivity contribution in [1.29, 1.82) is 0 Å². The first-order valence-electron chi connectivity index (χ1n) is 10.4. The second kappa shape index (κ2) is 10.4. The van der Waals surface area contributed by atoms with E-state index in [2.05, 4.69) is 10.6 Å². The quantitative estimate of drug-likeness (QED) is 0.459. The Morgan fingerprint density at radius 2 is 1.91 bits per heavy atom. The first kappa shape index (κ1) is 22.0. The fourth-order valence-electron chi connectivity index (χ4n) is 3.68. The molecule has 7 heteroatoms. The number of ether oxygens (including phenoxy) is 2. The van der Waals surface area contributed by atoms with E-state index < -0.39 is 0 Å². The summed E-state index contributed by atoms with van der Waals surface area (Å²) in [7, 11) is 3.30. The van der Waals surface area contributed by atoms with Gasteiger partial charge < -0.3 is 24.3 Å². The first-order valence-corrected chi connectivity index (χ1v) is 11.2. The van der Waals surface area contributed by atoms with Crippen molar-refractivity contribution in [2.24, 2.45) is 0 Å². The molecular formula is C25H26N2O4S. The Kier molecular flexibility index (Phi) is 7.19. The van der Waals surface area contributed by atoms with Crippen LogP contribution in [0.25, 0.3) is 0 Å². The number of nitrogens with one attached hydrogen (secondary N) is 2. The number of anilines is 1. The van der Waals surface area contributed by atoms with Gasteiger partial charge in [0, 0.05) is 41.0 Å². The van der Waals surface area contributed by atoms with Crippen LogP contribution in [0, 0.1) is 0 Å². The van der Waals surface area contributed by atoms with E-state index in [0.717, 1.165) is 39.6 Å². The summed E-state index contributed by atoms with van der Waals surface area (Å²) in [5.41, 5.74) is 3.51. The van der Waals surface area contributed by atoms with E-state index >= 15 is 0 Å². The average Bonchev–Trinajstić information content (AvgIpc) is 2.84. The number of carbonyl (C=O) groups is 1. The van der Waals surface area contributed by atoms with E-state index in [0.29, 0.717) is 18.7 Å². The summed E-state index contributed by atoms with van der Waals surface area (Å²) in [5, 5.41) is 6.55. The average molecular weight is 451 g/mol. The zero-order chi connectivity index (χ0) is 22.3. The van der Waals surface area contributed by atoms with Crippen molar-refractivity contribution in [3.05, 3.63) is 83.4 Å². The number of fused-ring (bicyclic) bond motifs is 1. The van der Waals surface area contributed by atoms with Crippen LogP contribution in [-0.4, -0.2) is 26.7 Å². The molecule has 1 unspecified atom stereocenters. The lowest BCUT2D eigenvalue weighted by atomic mass is 9.97. The highest BCUT2D eigenvalue weighted by atomic mass is 32.2. The van der Waals surface area contributed by atoms with Gasteiger partial charge in [0.25, 0.3) is 5.91 Å². The van der Waals surface area contributed by atoms with Crippen molar-refractivity contribution >= 4 is 23.6 Å². The largest absolute Gasteiger partial charge is 0.495 e. The molecule has 1 aliphatic heterocycles. The third-order valence-electron chi connectivity index (χ3n) is 5.30. The Balaban J connectivity index is 1.46. The van der Waals surface area contributed by atoms with Gasteiger partial charge in [-0.15, -0.1) is 0 Å². The normalized spacial score (nSPS) is 14.8. The maximum absolute atomic E-state index is 12.8. The second-order valence-electron chi connectivity index (χ2n) is 7.36. The highest BCUT2D eigenvalue weighted by Crippen LogP contribution is 2.37. The molecule has 4 rings (SSSR count). The minimum Gasteiger partial charge on any atom is -0.495 e. The van der Waals surface area contributed by atoms with E-state index in [1.165, 1.54) is 12.0 Å². The molecule has 166 valence electrons. The van der Waals surface area contributed by atoms with Gasteiger partial charge in [-0.05, 0) is 48.0 Å². The number of carbonyl (C=O) groups excluding carboxylic acids is 1. The van der Waals surface area contributed by atoms with Gasteiger partial charge in [0.1, 0.15) is 11.5 Å². The van der Waals surface area contributed by atoms with E-state index in [1.54, 1.807) is 20.3 Å². The summed E-state index contributed by atoms with van der Waals surface area (Å²) < 4.78 is 16.3.